The lowest BCUT2D eigenvalue weighted by Gasteiger charge is -2.11. The summed E-state index contributed by atoms with van der Waals surface area (Å²) in [7, 11) is 0. The zero-order chi connectivity index (χ0) is 32.3. The summed E-state index contributed by atoms with van der Waals surface area (Å²) in [6.07, 6.45) is 0. The van der Waals surface area contributed by atoms with Crippen LogP contribution in [0.5, 0.6) is 0 Å². The lowest BCUT2D eigenvalue weighted by molar-refractivity contribution is 1.07. The van der Waals surface area contributed by atoms with E-state index in [1.807, 2.05) is 84.9 Å². The Bertz CT molecular complexity index is 2350. The minimum atomic E-state index is 0.638. The van der Waals surface area contributed by atoms with E-state index >= 15 is 0 Å². The van der Waals surface area contributed by atoms with Crippen LogP contribution in [-0.2, 0) is 0 Å². The third kappa shape index (κ3) is 5.73. The van der Waals surface area contributed by atoms with Crippen LogP contribution in [0.15, 0.2) is 170 Å². The van der Waals surface area contributed by atoms with Gasteiger partial charge in [-0.15, -0.1) is 0 Å². The molecule has 0 atom stereocenters. The highest BCUT2D eigenvalue weighted by Crippen LogP contribution is 2.34. The molecular formula is C44H28N4. The molecule has 0 aliphatic rings. The molecule has 0 N–H and O–H groups in total. The minimum absolute atomic E-state index is 0.638. The van der Waals surface area contributed by atoms with E-state index < -0.39 is 0 Å². The van der Waals surface area contributed by atoms with Crippen molar-refractivity contribution in [1.29, 1.82) is 5.26 Å². The normalized spacial score (nSPS) is 10.9. The van der Waals surface area contributed by atoms with Crippen molar-refractivity contribution in [3.05, 3.63) is 175 Å². The van der Waals surface area contributed by atoms with Crippen LogP contribution in [0, 0.1) is 11.3 Å². The van der Waals surface area contributed by atoms with Crippen molar-refractivity contribution >= 4 is 10.8 Å². The molecule has 0 saturated heterocycles. The smallest absolute Gasteiger partial charge is 0.164 e. The fraction of sp³-hybridized carbons (Fsp3) is 0. The lowest BCUT2D eigenvalue weighted by Crippen LogP contribution is -2.00. The maximum Gasteiger partial charge on any atom is 0.164 e. The molecule has 0 spiro atoms. The average Bonchev–Trinajstić information content (AvgIpc) is 3.18. The predicted octanol–water partition coefficient (Wildman–Crippen LogP) is 10.9. The SMILES string of the molecule is N#Cc1ccc(-c2ccc(-c3ccc4cccc(-c5ccc(-c6nc(-c7ccccc7)nc(-c7ccccc7)n6)cc5)c4c3)cc2)cc1. The van der Waals surface area contributed by atoms with Gasteiger partial charge in [0.1, 0.15) is 0 Å². The molecule has 224 valence electrons. The van der Waals surface area contributed by atoms with Crippen molar-refractivity contribution in [3.63, 3.8) is 0 Å². The first-order valence-corrected chi connectivity index (χ1v) is 15.8. The van der Waals surface area contributed by atoms with Gasteiger partial charge in [0.15, 0.2) is 17.5 Å². The maximum atomic E-state index is 9.12. The summed E-state index contributed by atoms with van der Waals surface area (Å²) < 4.78 is 0. The average molecular weight is 613 g/mol. The van der Waals surface area contributed by atoms with Crippen LogP contribution in [-0.4, -0.2) is 15.0 Å². The molecule has 4 heteroatoms. The lowest BCUT2D eigenvalue weighted by atomic mass is 9.93. The predicted molar refractivity (Wildman–Crippen MR) is 195 cm³/mol. The van der Waals surface area contributed by atoms with Gasteiger partial charge in [0.2, 0.25) is 0 Å². The highest BCUT2D eigenvalue weighted by Gasteiger charge is 2.13. The Morgan fingerprint density at radius 1 is 0.354 bits per heavy atom. The van der Waals surface area contributed by atoms with E-state index in [1.165, 1.54) is 16.3 Å². The summed E-state index contributed by atoms with van der Waals surface area (Å²) in [5.74, 6) is 1.93. The molecule has 0 fully saturated rings. The van der Waals surface area contributed by atoms with Gasteiger partial charge in [-0.1, -0.05) is 152 Å². The molecule has 0 radical (unpaired) electrons. The van der Waals surface area contributed by atoms with Crippen LogP contribution < -0.4 is 0 Å². The van der Waals surface area contributed by atoms with E-state index in [9.17, 15) is 0 Å². The second-order valence-electron chi connectivity index (χ2n) is 11.6. The zero-order valence-electron chi connectivity index (χ0n) is 26.0. The van der Waals surface area contributed by atoms with Crippen LogP contribution in [0.4, 0.5) is 0 Å². The number of hydrogen-bond donors (Lipinski definition) is 0. The number of fused-ring (bicyclic) bond motifs is 1. The Balaban J connectivity index is 1.13. The van der Waals surface area contributed by atoms with E-state index in [-0.39, 0.29) is 0 Å². The molecule has 0 aliphatic carbocycles. The number of benzene rings is 7. The number of nitriles is 1. The molecule has 8 rings (SSSR count). The van der Waals surface area contributed by atoms with Gasteiger partial charge in [-0.05, 0) is 62.4 Å². The Kier molecular flexibility index (Phi) is 7.54. The van der Waals surface area contributed by atoms with E-state index in [1.54, 1.807) is 0 Å². The van der Waals surface area contributed by atoms with Gasteiger partial charge >= 0.3 is 0 Å². The molecule has 0 unspecified atom stereocenters. The van der Waals surface area contributed by atoms with Gasteiger partial charge in [-0.3, -0.25) is 0 Å². The summed E-state index contributed by atoms with van der Waals surface area (Å²) >= 11 is 0. The number of nitrogens with zero attached hydrogens (tertiary/aromatic N) is 4. The largest absolute Gasteiger partial charge is 0.208 e. The minimum Gasteiger partial charge on any atom is -0.208 e. The fourth-order valence-corrected chi connectivity index (χ4v) is 6.03. The Morgan fingerprint density at radius 2 is 0.792 bits per heavy atom. The van der Waals surface area contributed by atoms with Crippen molar-refractivity contribution in [2.75, 3.05) is 0 Å². The van der Waals surface area contributed by atoms with Crippen LogP contribution in [0.1, 0.15) is 5.56 Å². The van der Waals surface area contributed by atoms with Crippen LogP contribution >= 0.6 is 0 Å². The quantitative estimate of drug-likeness (QED) is 0.187. The summed E-state index contributed by atoms with van der Waals surface area (Å²) in [4.78, 5) is 14.6. The van der Waals surface area contributed by atoms with Crippen LogP contribution in [0.2, 0.25) is 0 Å². The van der Waals surface area contributed by atoms with Crippen LogP contribution in [0.25, 0.3) is 78.3 Å². The van der Waals surface area contributed by atoms with E-state index in [0.717, 1.165) is 44.5 Å². The number of aromatic nitrogens is 3. The van der Waals surface area contributed by atoms with Crippen molar-refractivity contribution in [2.45, 2.75) is 0 Å². The molecule has 1 heterocycles. The highest BCUT2D eigenvalue weighted by atomic mass is 15.0. The van der Waals surface area contributed by atoms with E-state index in [0.29, 0.717) is 23.0 Å². The fourth-order valence-electron chi connectivity index (χ4n) is 6.03. The highest BCUT2D eigenvalue weighted by molar-refractivity contribution is 5.99. The van der Waals surface area contributed by atoms with Gasteiger partial charge in [0, 0.05) is 16.7 Å². The summed E-state index contributed by atoms with van der Waals surface area (Å²) in [5, 5.41) is 11.5. The van der Waals surface area contributed by atoms with Crippen LogP contribution in [0.3, 0.4) is 0 Å². The molecular weight excluding hydrogens is 585 g/mol. The standard InChI is InChI=1S/C44H28N4/c45-29-30-14-16-31(17-15-30)32-18-20-33(21-19-32)39-27-24-34-12-7-13-40(41(34)28-39)35-22-25-38(26-23-35)44-47-42(36-8-3-1-4-9-36)46-43(48-44)37-10-5-2-6-11-37/h1-28H. The first kappa shape index (κ1) is 28.8. The Hall–Kier alpha value is -6.70. The third-order valence-corrected chi connectivity index (χ3v) is 8.60. The summed E-state index contributed by atoms with van der Waals surface area (Å²) in [5.41, 5.74) is 10.3. The van der Waals surface area contributed by atoms with Crippen molar-refractivity contribution in [1.82, 2.24) is 15.0 Å². The first-order chi connectivity index (χ1) is 23.7. The van der Waals surface area contributed by atoms with Gasteiger partial charge in [0.25, 0.3) is 0 Å². The zero-order valence-corrected chi connectivity index (χ0v) is 26.0. The van der Waals surface area contributed by atoms with Gasteiger partial charge < -0.3 is 0 Å². The van der Waals surface area contributed by atoms with Gasteiger partial charge in [0.05, 0.1) is 11.6 Å². The number of rotatable bonds is 6. The number of hydrogen-bond acceptors (Lipinski definition) is 4. The van der Waals surface area contributed by atoms with E-state index in [2.05, 4.69) is 91.0 Å². The topological polar surface area (TPSA) is 62.5 Å². The molecule has 0 amide bonds. The molecule has 4 nitrogen and oxygen atoms in total. The van der Waals surface area contributed by atoms with E-state index in [4.69, 9.17) is 20.2 Å². The van der Waals surface area contributed by atoms with Crippen molar-refractivity contribution in [3.8, 4) is 73.6 Å². The molecule has 8 aromatic rings. The molecule has 0 aliphatic heterocycles. The Morgan fingerprint density at radius 3 is 1.33 bits per heavy atom. The molecule has 48 heavy (non-hydrogen) atoms. The van der Waals surface area contributed by atoms with Crippen molar-refractivity contribution < 1.29 is 0 Å². The van der Waals surface area contributed by atoms with Gasteiger partial charge in [-0.25, -0.2) is 15.0 Å². The third-order valence-electron chi connectivity index (χ3n) is 8.60. The second kappa shape index (κ2) is 12.6. The molecule has 0 bridgehead atoms. The maximum absolute atomic E-state index is 9.12. The van der Waals surface area contributed by atoms with Gasteiger partial charge in [-0.2, -0.15) is 5.26 Å². The summed E-state index contributed by atoms with van der Waals surface area (Å²) in [6.45, 7) is 0. The Labute approximate surface area is 279 Å². The molecule has 7 aromatic carbocycles. The molecule has 1 aromatic heterocycles. The summed E-state index contributed by atoms with van der Waals surface area (Å²) in [6, 6.07) is 60.1. The monoisotopic (exact) mass is 612 g/mol. The first-order valence-electron chi connectivity index (χ1n) is 15.8. The van der Waals surface area contributed by atoms with Crippen molar-refractivity contribution in [2.24, 2.45) is 0 Å². The molecule has 0 saturated carbocycles. The second-order valence-corrected chi connectivity index (χ2v) is 11.6.